The van der Waals surface area contributed by atoms with Crippen molar-refractivity contribution in [3.05, 3.63) is 0 Å². The van der Waals surface area contributed by atoms with E-state index in [0.717, 1.165) is 32.1 Å². The molecule has 0 aliphatic heterocycles. The first-order chi connectivity index (χ1) is 9.46. The van der Waals surface area contributed by atoms with Crippen molar-refractivity contribution < 1.29 is 24.2 Å². The summed E-state index contributed by atoms with van der Waals surface area (Å²) < 4.78 is 9.81. The molecule has 3 N–H and O–H groups in total. The van der Waals surface area contributed by atoms with Gasteiger partial charge >= 0.3 is 12.1 Å². The lowest BCUT2D eigenvalue weighted by atomic mass is 9.64. The van der Waals surface area contributed by atoms with Crippen LogP contribution in [-0.4, -0.2) is 36.5 Å². The third-order valence-corrected chi connectivity index (χ3v) is 4.20. The van der Waals surface area contributed by atoms with E-state index >= 15 is 0 Å². The van der Waals surface area contributed by atoms with E-state index < -0.39 is 29.6 Å². The van der Waals surface area contributed by atoms with Crippen LogP contribution in [0.25, 0.3) is 0 Å². The van der Waals surface area contributed by atoms with E-state index in [0.29, 0.717) is 6.54 Å². The minimum atomic E-state index is -0.964. The molecule has 1 aliphatic carbocycles. The molecule has 0 aromatic heterocycles. The molecule has 0 bridgehead atoms. The zero-order valence-corrected chi connectivity index (χ0v) is 12.3. The number of aliphatic carboxylic acids is 1. The Labute approximate surface area is 119 Å². The van der Waals surface area contributed by atoms with E-state index in [4.69, 9.17) is 15.2 Å². The first kappa shape index (κ1) is 16.8. The van der Waals surface area contributed by atoms with Gasteiger partial charge in [-0.3, -0.25) is 4.79 Å². The van der Waals surface area contributed by atoms with Crippen molar-refractivity contribution in [2.24, 2.45) is 17.1 Å². The fraction of sp³-hybridized carbons (Fsp3) is 0.857. The Bertz CT molecular complexity index is 338. The molecular formula is C14H25NO5. The molecule has 1 rings (SSSR count). The van der Waals surface area contributed by atoms with Crippen LogP contribution in [0.15, 0.2) is 0 Å². The second-order valence-corrected chi connectivity index (χ2v) is 5.45. The number of carboxylic acids is 1. The Hall–Kier alpha value is -1.30. The van der Waals surface area contributed by atoms with Crippen molar-refractivity contribution in [2.75, 3.05) is 13.2 Å². The summed E-state index contributed by atoms with van der Waals surface area (Å²) in [6.45, 7) is 3.76. The molecule has 0 aromatic rings. The maximum atomic E-state index is 11.7. The van der Waals surface area contributed by atoms with E-state index in [1.54, 1.807) is 13.8 Å². The van der Waals surface area contributed by atoms with E-state index in [1.165, 1.54) is 0 Å². The topological polar surface area (TPSA) is 98.8 Å². The van der Waals surface area contributed by atoms with Gasteiger partial charge in [-0.1, -0.05) is 19.3 Å². The van der Waals surface area contributed by atoms with E-state index in [9.17, 15) is 14.7 Å². The maximum absolute atomic E-state index is 11.7. The first-order valence-electron chi connectivity index (χ1n) is 7.23. The molecule has 116 valence electrons. The number of carbonyl (C=O) groups excluding carboxylic acids is 1. The molecule has 0 saturated heterocycles. The lowest BCUT2D eigenvalue weighted by Gasteiger charge is -2.42. The highest BCUT2D eigenvalue weighted by molar-refractivity contribution is 5.72. The van der Waals surface area contributed by atoms with Gasteiger partial charge in [0.2, 0.25) is 0 Å². The first-order valence-corrected chi connectivity index (χ1v) is 7.23. The minimum Gasteiger partial charge on any atom is -0.481 e. The third-order valence-electron chi connectivity index (χ3n) is 4.20. The summed E-state index contributed by atoms with van der Waals surface area (Å²) in [4.78, 5) is 23.0. The van der Waals surface area contributed by atoms with Crippen LogP contribution < -0.4 is 5.73 Å². The van der Waals surface area contributed by atoms with Crippen molar-refractivity contribution in [2.45, 2.75) is 52.1 Å². The lowest BCUT2D eigenvalue weighted by molar-refractivity contribution is -0.154. The molecule has 0 heterocycles. The quantitative estimate of drug-likeness (QED) is 0.726. The number of carbonyl (C=O) groups is 2. The maximum Gasteiger partial charge on any atom is 0.508 e. The van der Waals surface area contributed by atoms with Gasteiger partial charge < -0.3 is 20.3 Å². The normalized spacial score (nSPS) is 20.8. The summed E-state index contributed by atoms with van der Waals surface area (Å²) >= 11 is 0. The summed E-state index contributed by atoms with van der Waals surface area (Å²) in [5, 5.41) is 9.55. The van der Waals surface area contributed by atoms with Crippen LogP contribution in [-0.2, 0) is 14.3 Å². The van der Waals surface area contributed by atoms with Gasteiger partial charge in [-0.2, -0.15) is 0 Å². The van der Waals surface area contributed by atoms with Gasteiger partial charge in [0.15, 0.2) is 0 Å². The lowest BCUT2D eigenvalue weighted by Crippen LogP contribution is -2.49. The van der Waals surface area contributed by atoms with Gasteiger partial charge in [0.25, 0.3) is 0 Å². The molecule has 0 spiro atoms. The average Bonchev–Trinajstić information content (AvgIpc) is 2.39. The molecule has 1 fully saturated rings. The Morgan fingerprint density at radius 1 is 1.30 bits per heavy atom. The van der Waals surface area contributed by atoms with Crippen LogP contribution in [0.2, 0.25) is 0 Å². The van der Waals surface area contributed by atoms with Crippen LogP contribution >= 0.6 is 0 Å². The number of ether oxygens (including phenoxy) is 2. The van der Waals surface area contributed by atoms with Crippen molar-refractivity contribution in [1.29, 1.82) is 0 Å². The van der Waals surface area contributed by atoms with Crippen LogP contribution in [0.5, 0.6) is 0 Å². The summed E-state index contributed by atoms with van der Waals surface area (Å²) in [7, 11) is 0. The van der Waals surface area contributed by atoms with Gasteiger partial charge in [-0.25, -0.2) is 4.79 Å². The SMILES string of the molecule is CCOC(=O)OC(C)C(C(=O)O)C1(CN)CCCCC1. The highest BCUT2D eigenvalue weighted by Gasteiger charge is 2.47. The fourth-order valence-electron chi connectivity index (χ4n) is 3.23. The van der Waals surface area contributed by atoms with E-state index in [1.807, 2.05) is 0 Å². The standard InChI is InChI=1S/C14H25NO5/c1-3-19-13(18)20-10(2)11(12(16)17)14(9-15)7-5-4-6-8-14/h10-11H,3-9,15H2,1-2H3,(H,16,17). The van der Waals surface area contributed by atoms with Crippen LogP contribution in [0.4, 0.5) is 4.79 Å². The van der Waals surface area contributed by atoms with Crippen molar-refractivity contribution in [3.8, 4) is 0 Å². The number of carboxylic acid groups (broad SMARTS) is 1. The van der Waals surface area contributed by atoms with E-state index in [2.05, 4.69) is 0 Å². The molecule has 0 radical (unpaired) electrons. The molecular weight excluding hydrogens is 262 g/mol. The Kier molecular flexibility index (Phi) is 6.26. The second kappa shape index (κ2) is 7.47. The number of hydrogen-bond acceptors (Lipinski definition) is 5. The van der Waals surface area contributed by atoms with Crippen molar-refractivity contribution in [3.63, 3.8) is 0 Å². The van der Waals surface area contributed by atoms with E-state index in [-0.39, 0.29) is 6.61 Å². The highest BCUT2D eigenvalue weighted by Crippen LogP contribution is 2.44. The van der Waals surface area contributed by atoms with Crippen LogP contribution in [0.1, 0.15) is 46.0 Å². The Balaban J connectivity index is 2.85. The number of nitrogens with two attached hydrogens (primary N) is 1. The fourth-order valence-corrected chi connectivity index (χ4v) is 3.23. The van der Waals surface area contributed by atoms with Gasteiger partial charge in [-0.15, -0.1) is 0 Å². The van der Waals surface area contributed by atoms with Crippen LogP contribution in [0, 0.1) is 11.3 Å². The van der Waals surface area contributed by atoms with Gasteiger partial charge in [0.1, 0.15) is 12.0 Å². The molecule has 6 nitrogen and oxygen atoms in total. The van der Waals surface area contributed by atoms with Gasteiger partial charge in [0.05, 0.1) is 6.61 Å². The van der Waals surface area contributed by atoms with Crippen LogP contribution in [0.3, 0.4) is 0 Å². The Morgan fingerprint density at radius 3 is 2.35 bits per heavy atom. The molecule has 20 heavy (non-hydrogen) atoms. The average molecular weight is 287 g/mol. The highest BCUT2D eigenvalue weighted by atomic mass is 16.7. The molecule has 0 aromatic carbocycles. The smallest absolute Gasteiger partial charge is 0.481 e. The monoisotopic (exact) mass is 287 g/mol. The number of rotatable bonds is 6. The third kappa shape index (κ3) is 3.85. The van der Waals surface area contributed by atoms with Gasteiger partial charge in [0, 0.05) is 0 Å². The molecule has 1 saturated carbocycles. The Morgan fingerprint density at radius 2 is 1.90 bits per heavy atom. The number of hydrogen-bond donors (Lipinski definition) is 2. The molecule has 6 heteroatoms. The molecule has 2 atom stereocenters. The second-order valence-electron chi connectivity index (χ2n) is 5.45. The largest absolute Gasteiger partial charge is 0.508 e. The zero-order chi connectivity index (χ0) is 15.2. The predicted molar refractivity (Wildman–Crippen MR) is 73.3 cm³/mol. The van der Waals surface area contributed by atoms with Crippen molar-refractivity contribution >= 4 is 12.1 Å². The zero-order valence-electron chi connectivity index (χ0n) is 12.3. The predicted octanol–water partition coefficient (Wildman–Crippen LogP) is 2.16. The van der Waals surface area contributed by atoms with Crippen molar-refractivity contribution in [1.82, 2.24) is 0 Å². The molecule has 0 amide bonds. The summed E-state index contributed by atoms with van der Waals surface area (Å²) in [5.74, 6) is -1.76. The summed E-state index contributed by atoms with van der Waals surface area (Å²) in [6, 6.07) is 0. The summed E-state index contributed by atoms with van der Waals surface area (Å²) in [6.07, 6.45) is 2.97. The minimum absolute atomic E-state index is 0.200. The molecule has 1 aliphatic rings. The summed E-state index contributed by atoms with van der Waals surface area (Å²) in [5.41, 5.74) is 5.38. The van der Waals surface area contributed by atoms with Gasteiger partial charge in [-0.05, 0) is 38.6 Å². The molecule has 2 unspecified atom stereocenters.